The molecule has 1 aromatic carbocycles. The van der Waals surface area contributed by atoms with E-state index < -0.39 is 5.82 Å². The van der Waals surface area contributed by atoms with Crippen LogP contribution in [-0.4, -0.2) is 48.8 Å². The normalized spacial score (nSPS) is 21.7. The molecule has 5 nitrogen and oxygen atoms in total. The number of amides is 1. The second-order valence-electron chi connectivity index (χ2n) is 6.33. The second kappa shape index (κ2) is 7.38. The first-order valence-corrected chi connectivity index (χ1v) is 8.13. The van der Waals surface area contributed by atoms with E-state index in [0.717, 1.165) is 44.7 Å². The average molecular weight is 322 g/mol. The van der Waals surface area contributed by atoms with Crippen molar-refractivity contribution in [1.82, 2.24) is 10.2 Å². The number of nitrogens with zero attached hydrogens (tertiary/aromatic N) is 1. The summed E-state index contributed by atoms with van der Waals surface area (Å²) in [4.78, 5) is 13.4. The Balaban J connectivity index is 1.65. The molecule has 0 radical (unpaired) electrons. The molecule has 2 N–H and O–H groups in total. The predicted octanol–water partition coefficient (Wildman–Crippen LogP) is 1.22. The van der Waals surface area contributed by atoms with E-state index in [2.05, 4.69) is 10.2 Å². The highest BCUT2D eigenvalue weighted by Gasteiger charge is 2.38. The van der Waals surface area contributed by atoms with E-state index >= 15 is 0 Å². The van der Waals surface area contributed by atoms with Crippen LogP contribution in [0.3, 0.4) is 0 Å². The van der Waals surface area contributed by atoms with Crippen LogP contribution in [0.2, 0.25) is 0 Å². The molecule has 6 heteroatoms. The van der Waals surface area contributed by atoms with Gasteiger partial charge in [-0.2, -0.15) is 0 Å². The zero-order chi connectivity index (χ0) is 16.2. The van der Waals surface area contributed by atoms with Gasteiger partial charge in [-0.25, -0.2) is 4.39 Å². The molecule has 0 spiro atoms. The molecule has 23 heavy (non-hydrogen) atoms. The fraction of sp³-hybridized carbons (Fsp3) is 0.588. The number of benzene rings is 1. The molecule has 2 aliphatic heterocycles. The number of hydrogen-bond donors (Lipinski definition) is 2. The predicted molar refractivity (Wildman–Crippen MR) is 83.2 cm³/mol. The van der Waals surface area contributed by atoms with Crippen LogP contribution < -0.4 is 5.32 Å². The minimum atomic E-state index is -0.427. The number of carbonyl (C=O) groups excluding carboxylic acids is 1. The first-order chi connectivity index (χ1) is 11.2. The van der Waals surface area contributed by atoms with E-state index in [1.165, 1.54) is 6.07 Å². The Bertz CT molecular complexity index is 543. The van der Waals surface area contributed by atoms with Crippen molar-refractivity contribution in [3.05, 3.63) is 35.1 Å². The lowest BCUT2D eigenvalue weighted by Crippen LogP contribution is -2.56. The first kappa shape index (κ1) is 16.4. The molecule has 2 heterocycles. The van der Waals surface area contributed by atoms with Gasteiger partial charge in [0.1, 0.15) is 5.82 Å². The molecule has 0 saturated carbocycles. The number of aliphatic hydroxyl groups is 1. The van der Waals surface area contributed by atoms with Crippen LogP contribution in [0.15, 0.2) is 18.2 Å². The van der Waals surface area contributed by atoms with Crippen molar-refractivity contribution in [3.8, 4) is 0 Å². The largest absolute Gasteiger partial charge is 0.392 e. The highest BCUT2D eigenvalue weighted by molar-refractivity contribution is 5.48. The van der Waals surface area contributed by atoms with E-state index in [1.807, 2.05) is 0 Å². The lowest BCUT2D eigenvalue weighted by Gasteiger charge is -2.48. The van der Waals surface area contributed by atoms with Crippen molar-refractivity contribution < 1.29 is 19.0 Å². The van der Waals surface area contributed by atoms with Crippen LogP contribution in [-0.2, 0) is 16.1 Å². The van der Waals surface area contributed by atoms with Crippen molar-refractivity contribution in [3.63, 3.8) is 0 Å². The molecule has 126 valence electrons. The average Bonchev–Trinajstić information content (AvgIpc) is 2.53. The minimum Gasteiger partial charge on any atom is -0.392 e. The number of rotatable bonds is 6. The third kappa shape index (κ3) is 3.54. The molecule has 0 aromatic heterocycles. The molecule has 0 aliphatic carbocycles. The van der Waals surface area contributed by atoms with Gasteiger partial charge < -0.3 is 15.2 Å². The standard InChI is InChI=1S/C17H23FN2O3/c18-16-7-12(1-2-13(16)10-21)17(19-11-22)14-8-20(9-14)15-3-5-23-6-4-15/h1-2,7,11,14-15,17,21H,3-6,8-10H2,(H,19,22). The quantitative estimate of drug-likeness (QED) is 0.773. The van der Waals surface area contributed by atoms with Gasteiger partial charge in [-0.3, -0.25) is 9.69 Å². The zero-order valence-electron chi connectivity index (χ0n) is 13.1. The monoisotopic (exact) mass is 322 g/mol. The smallest absolute Gasteiger partial charge is 0.207 e. The molecule has 1 amide bonds. The summed E-state index contributed by atoms with van der Waals surface area (Å²) in [5.41, 5.74) is 1.03. The summed E-state index contributed by atoms with van der Waals surface area (Å²) < 4.78 is 19.3. The highest BCUT2D eigenvalue weighted by Crippen LogP contribution is 2.33. The van der Waals surface area contributed by atoms with Gasteiger partial charge in [0.05, 0.1) is 12.6 Å². The second-order valence-corrected chi connectivity index (χ2v) is 6.33. The third-order valence-corrected chi connectivity index (χ3v) is 4.97. The van der Waals surface area contributed by atoms with Gasteiger partial charge in [-0.15, -0.1) is 0 Å². The number of carbonyl (C=O) groups is 1. The molecule has 1 unspecified atom stereocenters. The summed E-state index contributed by atoms with van der Waals surface area (Å²) in [5, 5.41) is 11.9. The summed E-state index contributed by atoms with van der Waals surface area (Å²) in [6.45, 7) is 3.11. The summed E-state index contributed by atoms with van der Waals surface area (Å²) in [5.74, 6) is -0.147. The Labute approximate surface area is 135 Å². The van der Waals surface area contributed by atoms with Crippen molar-refractivity contribution in [1.29, 1.82) is 0 Å². The van der Waals surface area contributed by atoms with E-state index in [0.29, 0.717) is 12.5 Å². The van der Waals surface area contributed by atoms with Crippen LogP contribution in [0.25, 0.3) is 0 Å². The molecule has 1 aromatic rings. The fourth-order valence-electron chi connectivity index (χ4n) is 3.57. The van der Waals surface area contributed by atoms with Gasteiger partial charge in [0.15, 0.2) is 0 Å². The van der Waals surface area contributed by atoms with Crippen LogP contribution in [0.1, 0.15) is 30.0 Å². The van der Waals surface area contributed by atoms with Crippen molar-refractivity contribution >= 4 is 6.41 Å². The molecule has 2 aliphatic rings. The number of ether oxygens (including phenoxy) is 1. The lowest BCUT2D eigenvalue weighted by molar-refractivity contribution is -0.111. The van der Waals surface area contributed by atoms with E-state index in [1.54, 1.807) is 12.1 Å². The maximum atomic E-state index is 13.9. The van der Waals surface area contributed by atoms with Crippen LogP contribution in [0.5, 0.6) is 0 Å². The lowest BCUT2D eigenvalue weighted by atomic mass is 9.84. The Morgan fingerprint density at radius 2 is 2.13 bits per heavy atom. The van der Waals surface area contributed by atoms with Gasteiger partial charge in [-0.05, 0) is 24.5 Å². The van der Waals surface area contributed by atoms with Gasteiger partial charge in [0, 0.05) is 43.8 Å². The summed E-state index contributed by atoms with van der Waals surface area (Å²) in [7, 11) is 0. The Morgan fingerprint density at radius 1 is 1.39 bits per heavy atom. The first-order valence-electron chi connectivity index (χ1n) is 8.13. The summed E-state index contributed by atoms with van der Waals surface area (Å²) in [6, 6.07) is 5.16. The van der Waals surface area contributed by atoms with Crippen LogP contribution >= 0.6 is 0 Å². The minimum absolute atomic E-state index is 0.189. The molecule has 0 bridgehead atoms. The molecule has 1 atom stereocenters. The molecular formula is C17H23FN2O3. The van der Waals surface area contributed by atoms with Gasteiger partial charge >= 0.3 is 0 Å². The fourth-order valence-corrected chi connectivity index (χ4v) is 3.57. The van der Waals surface area contributed by atoms with E-state index in [-0.39, 0.29) is 24.1 Å². The summed E-state index contributed by atoms with van der Waals surface area (Å²) in [6.07, 6.45) is 2.79. The molecule has 2 saturated heterocycles. The van der Waals surface area contributed by atoms with Crippen molar-refractivity contribution in [2.75, 3.05) is 26.3 Å². The maximum Gasteiger partial charge on any atom is 0.207 e. The topological polar surface area (TPSA) is 61.8 Å². The van der Waals surface area contributed by atoms with Crippen molar-refractivity contribution in [2.45, 2.75) is 31.5 Å². The van der Waals surface area contributed by atoms with E-state index in [4.69, 9.17) is 9.84 Å². The summed E-state index contributed by atoms with van der Waals surface area (Å²) >= 11 is 0. The Hall–Kier alpha value is -1.50. The Kier molecular flexibility index (Phi) is 5.25. The number of hydrogen-bond acceptors (Lipinski definition) is 4. The number of halogens is 1. The van der Waals surface area contributed by atoms with Crippen molar-refractivity contribution in [2.24, 2.45) is 5.92 Å². The van der Waals surface area contributed by atoms with Gasteiger partial charge in [-0.1, -0.05) is 12.1 Å². The maximum absolute atomic E-state index is 13.9. The number of nitrogens with one attached hydrogen (secondary N) is 1. The SMILES string of the molecule is O=CNC(c1ccc(CO)c(F)c1)C1CN(C2CCOCC2)C1. The number of aliphatic hydroxyl groups excluding tert-OH is 1. The van der Waals surface area contributed by atoms with E-state index in [9.17, 15) is 9.18 Å². The van der Waals surface area contributed by atoms with Gasteiger partial charge in [0.25, 0.3) is 0 Å². The Morgan fingerprint density at radius 3 is 2.74 bits per heavy atom. The number of likely N-dealkylation sites (tertiary alicyclic amines) is 1. The molecular weight excluding hydrogens is 299 g/mol. The third-order valence-electron chi connectivity index (χ3n) is 4.97. The molecule has 2 fully saturated rings. The van der Waals surface area contributed by atoms with Gasteiger partial charge in [0.2, 0.25) is 6.41 Å². The molecule has 3 rings (SSSR count). The van der Waals surface area contributed by atoms with Crippen LogP contribution in [0.4, 0.5) is 4.39 Å². The van der Waals surface area contributed by atoms with Crippen LogP contribution in [0, 0.1) is 11.7 Å². The zero-order valence-corrected chi connectivity index (χ0v) is 13.1. The highest BCUT2D eigenvalue weighted by atomic mass is 19.1.